The van der Waals surface area contributed by atoms with E-state index >= 15 is 0 Å². The molecule has 126 valence electrons. The van der Waals surface area contributed by atoms with Gasteiger partial charge >= 0.3 is 12.1 Å². The maximum Gasteiger partial charge on any atom is 0.409 e. The van der Waals surface area contributed by atoms with Crippen LogP contribution in [0, 0.1) is 0 Å². The summed E-state index contributed by atoms with van der Waals surface area (Å²) >= 11 is 0. The minimum atomic E-state index is -0.351. The van der Waals surface area contributed by atoms with Gasteiger partial charge in [0, 0.05) is 49.9 Å². The Balaban J connectivity index is 1.55. The van der Waals surface area contributed by atoms with Crippen LogP contribution in [0.25, 0.3) is 5.69 Å². The fourth-order valence-electron chi connectivity index (χ4n) is 2.65. The molecule has 24 heavy (non-hydrogen) atoms. The second kappa shape index (κ2) is 7.08. The van der Waals surface area contributed by atoms with Crippen molar-refractivity contribution in [3.05, 3.63) is 48.8 Å². The molecule has 0 unspecified atom stereocenters. The smallest absolute Gasteiger partial charge is 0.409 e. The van der Waals surface area contributed by atoms with E-state index in [0.29, 0.717) is 26.2 Å². The number of urea groups is 1. The Kier molecular flexibility index (Phi) is 4.69. The number of amides is 3. The van der Waals surface area contributed by atoms with Gasteiger partial charge in [-0.3, -0.25) is 0 Å². The molecule has 0 bridgehead atoms. The van der Waals surface area contributed by atoms with Crippen LogP contribution in [0.1, 0.15) is 0 Å². The molecule has 0 atom stereocenters. The van der Waals surface area contributed by atoms with Gasteiger partial charge in [0.05, 0.1) is 7.11 Å². The van der Waals surface area contributed by atoms with Crippen molar-refractivity contribution in [1.29, 1.82) is 0 Å². The zero-order valence-electron chi connectivity index (χ0n) is 13.5. The van der Waals surface area contributed by atoms with Crippen molar-refractivity contribution in [3.8, 4) is 5.69 Å². The molecular formula is C17H20N4O3. The summed E-state index contributed by atoms with van der Waals surface area (Å²) in [6.07, 6.45) is 3.58. The number of nitrogens with zero attached hydrogens (tertiary/aromatic N) is 3. The fourth-order valence-corrected chi connectivity index (χ4v) is 2.65. The Hall–Kier alpha value is -2.96. The zero-order valence-corrected chi connectivity index (χ0v) is 13.5. The van der Waals surface area contributed by atoms with Crippen LogP contribution in [-0.2, 0) is 4.74 Å². The number of methoxy groups -OCH3 is 1. The van der Waals surface area contributed by atoms with E-state index in [4.69, 9.17) is 0 Å². The van der Waals surface area contributed by atoms with Crippen LogP contribution >= 0.6 is 0 Å². The summed E-state index contributed by atoms with van der Waals surface area (Å²) in [7, 11) is 1.36. The standard InChI is InChI=1S/C17H20N4O3/c1-24-17(23)21-12-10-20(11-13-21)16(22)18-14-4-6-15(7-5-14)19-8-2-3-9-19/h2-9H,10-13H2,1H3,(H,18,22). The van der Waals surface area contributed by atoms with Crippen LogP contribution in [-0.4, -0.2) is 59.8 Å². The first-order valence-corrected chi connectivity index (χ1v) is 7.79. The first-order chi connectivity index (χ1) is 11.7. The summed E-state index contributed by atoms with van der Waals surface area (Å²) in [6, 6.07) is 11.4. The minimum Gasteiger partial charge on any atom is -0.453 e. The highest BCUT2D eigenvalue weighted by atomic mass is 16.5. The van der Waals surface area contributed by atoms with E-state index in [1.54, 1.807) is 9.80 Å². The SMILES string of the molecule is COC(=O)N1CCN(C(=O)Nc2ccc(-n3cccc3)cc2)CC1. The molecule has 0 aliphatic carbocycles. The molecule has 7 heteroatoms. The van der Waals surface area contributed by atoms with E-state index in [0.717, 1.165) is 11.4 Å². The molecule has 1 saturated heterocycles. The monoisotopic (exact) mass is 328 g/mol. The number of ether oxygens (including phenoxy) is 1. The number of aromatic nitrogens is 1. The van der Waals surface area contributed by atoms with Crippen molar-refractivity contribution in [2.45, 2.75) is 0 Å². The van der Waals surface area contributed by atoms with Gasteiger partial charge < -0.3 is 24.4 Å². The van der Waals surface area contributed by atoms with Gasteiger partial charge in [-0.1, -0.05) is 0 Å². The number of anilines is 1. The number of hydrogen-bond donors (Lipinski definition) is 1. The van der Waals surface area contributed by atoms with Crippen LogP contribution in [0.15, 0.2) is 48.8 Å². The molecule has 1 aliphatic heterocycles. The number of carbonyl (C=O) groups is 2. The highest BCUT2D eigenvalue weighted by Crippen LogP contribution is 2.14. The molecule has 1 fully saturated rings. The predicted octanol–water partition coefficient (Wildman–Crippen LogP) is 2.39. The van der Waals surface area contributed by atoms with Gasteiger partial charge in [0.2, 0.25) is 0 Å². The van der Waals surface area contributed by atoms with E-state index < -0.39 is 0 Å². The normalized spacial score (nSPS) is 14.4. The number of nitrogens with one attached hydrogen (secondary N) is 1. The third-order valence-corrected chi connectivity index (χ3v) is 4.02. The van der Waals surface area contributed by atoms with Gasteiger partial charge in [-0.15, -0.1) is 0 Å². The van der Waals surface area contributed by atoms with Gasteiger partial charge in [0.15, 0.2) is 0 Å². The zero-order chi connectivity index (χ0) is 16.9. The van der Waals surface area contributed by atoms with E-state index in [1.807, 2.05) is 53.4 Å². The van der Waals surface area contributed by atoms with Crippen molar-refractivity contribution >= 4 is 17.8 Å². The van der Waals surface area contributed by atoms with E-state index in [2.05, 4.69) is 10.1 Å². The van der Waals surface area contributed by atoms with Crippen LogP contribution < -0.4 is 5.32 Å². The third-order valence-electron chi connectivity index (χ3n) is 4.02. The average Bonchev–Trinajstić information content (AvgIpc) is 3.16. The van der Waals surface area contributed by atoms with Gasteiger partial charge in [-0.2, -0.15) is 0 Å². The summed E-state index contributed by atoms with van der Waals surface area (Å²) in [5.74, 6) is 0. The molecule has 2 heterocycles. The number of hydrogen-bond acceptors (Lipinski definition) is 3. The van der Waals surface area contributed by atoms with Gasteiger partial charge in [0.25, 0.3) is 0 Å². The molecule has 7 nitrogen and oxygen atoms in total. The highest BCUT2D eigenvalue weighted by molar-refractivity contribution is 5.89. The van der Waals surface area contributed by atoms with Gasteiger partial charge in [-0.25, -0.2) is 9.59 Å². The van der Waals surface area contributed by atoms with Crippen molar-refractivity contribution in [1.82, 2.24) is 14.4 Å². The number of rotatable bonds is 2. The van der Waals surface area contributed by atoms with Crippen molar-refractivity contribution in [2.75, 3.05) is 38.6 Å². The molecule has 1 N–H and O–H groups in total. The van der Waals surface area contributed by atoms with Crippen LogP contribution in [0.4, 0.5) is 15.3 Å². The largest absolute Gasteiger partial charge is 0.453 e. The van der Waals surface area contributed by atoms with Crippen molar-refractivity contribution in [3.63, 3.8) is 0 Å². The molecule has 1 aliphatic rings. The maximum absolute atomic E-state index is 12.3. The van der Waals surface area contributed by atoms with Crippen LogP contribution in [0.5, 0.6) is 0 Å². The molecule has 1 aromatic heterocycles. The first-order valence-electron chi connectivity index (χ1n) is 7.79. The summed E-state index contributed by atoms with van der Waals surface area (Å²) in [4.78, 5) is 27.0. The van der Waals surface area contributed by atoms with E-state index in [-0.39, 0.29) is 12.1 Å². The molecule has 3 amide bonds. The fraction of sp³-hybridized carbons (Fsp3) is 0.294. The van der Waals surface area contributed by atoms with Gasteiger partial charge in [0.1, 0.15) is 0 Å². The Morgan fingerprint density at radius 2 is 1.54 bits per heavy atom. The Labute approximate surface area is 140 Å². The third kappa shape index (κ3) is 3.51. The van der Waals surface area contributed by atoms with E-state index in [9.17, 15) is 9.59 Å². The van der Waals surface area contributed by atoms with Crippen LogP contribution in [0.2, 0.25) is 0 Å². The summed E-state index contributed by atoms with van der Waals surface area (Å²) < 4.78 is 6.69. The quantitative estimate of drug-likeness (QED) is 0.920. The summed E-state index contributed by atoms with van der Waals surface area (Å²) in [5, 5.41) is 2.89. The number of piperazine rings is 1. The molecule has 0 saturated carbocycles. The molecule has 0 spiro atoms. The molecule has 0 radical (unpaired) electrons. The maximum atomic E-state index is 12.3. The molecule has 3 rings (SSSR count). The number of carbonyl (C=O) groups excluding carboxylic acids is 2. The highest BCUT2D eigenvalue weighted by Gasteiger charge is 2.24. The van der Waals surface area contributed by atoms with Crippen molar-refractivity contribution < 1.29 is 14.3 Å². The lowest BCUT2D eigenvalue weighted by molar-refractivity contribution is 0.0993. The van der Waals surface area contributed by atoms with Gasteiger partial charge in [-0.05, 0) is 36.4 Å². The second-order valence-corrected chi connectivity index (χ2v) is 5.51. The van der Waals surface area contributed by atoms with E-state index in [1.165, 1.54) is 7.11 Å². The Morgan fingerprint density at radius 3 is 2.12 bits per heavy atom. The predicted molar refractivity (Wildman–Crippen MR) is 90.3 cm³/mol. The minimum absolute atomic E-state index is 0.159. The summed E-state index contributed by atoms with van der Waals surface area (Å²) in [6.45, 7) is 1.93. The van der Waals surface area contributed by atoms with Crippen LogP contribution in [0.3, 0.4) is 0 Å². The lowest BCUT2D eigenvalue weighted by Gasteiger charge is -2.33. The Morgan fingerprint density at radius 1 is 0.958 bits per heavy atom. The number of benzene rings is 1. The second-order valence-electron chi connectivity index (χ2n) is 5.51. The topological polar surface area (TPSA) is 66.8 Å². The average molecular weight is 328 g/mol. The molecular weight excluding hydrogens is 308 g/mol. The van der Waals surface area contributed by atoms with Crippen molar-refractivity contribution in [2.24, 2.45) is 0 Å². The summed E-state index contributed by atoms with van der Waals surface area (Å²) in [5.41, 5.74) is 1.77. The molecule has 1 aromatic carbocycles. The molecule has 2 aromatic rings. The first kappa shape index (κ1) is 15.9. The lowest BCUT2D eigenvalue weighted by atomic mass is 10.2. The lowest BCUT2D eigenvalue weighted by Crippen LogP contribution is -2.51. The Bertz CT molecular complexity index is 689.